The number of aryl methyl sites for hydroxylation is 1. The standard InChI is InChI=1S/C13H21NO2/c1-5-13(3,4)16-9-14-11-8-10(2)6-7-12(11)15/h6-8,14-15H,5,9H2,1-4H3. The van der Waals surface area contributed by atoms with Crippen molar-refractivity contribution < 1.29 is 9.84 Å². The van der Waals surface area contributed by atoms with Crippen molar-refractivity contribution >= 4 is 5.69 Å². The Kier molecular flexibility index (Phi) is 4.19. The molecule has 1 rings (SSSR count). The quantitative estimate of drug-likeness (QED) is 0.594. The highest BCUT2D eigenvalue weighted by molar-refractivity contribution is 5.56. The highest BCUT2D eigenvalue weighted by Crippen LogP contribution is 2.24. The van der Waals surface area contributed by atoms with Crippen LogP contribution in [0.4, 0.5) is 5.69 Å². The minimum Gasteiger partial charge on any atom is -0.506 e. The number of phenols is 1. The van der Waals surface area contributed by atoms with Crippen molar-refractivity contribution in [3.05, 3.63) is 23.8 Å². The number of benzene rings is 1. The Morgan fingerprint density at radius 1 is 1.38 bits per heavy atom. The zero-order valence-corrected chi connectivity index (χ0v) is 10.5. The monoisotopic (exact) mass is 223 g/mol. The summed E-state index contributed by atoms with van der Waals surface area (Å²) in [4.78, 5) is 0. The van der Waals surface area contributed by atoms with E-state index in [-0.39, 0.29) is 11.4 Å². The average molecular weight is 223 g/mol. The van der Waals surface area contributed by atoms with Gasteiger partial charge in [0.05, 0.1) is 11.3 Å². The molecule has 2 N–H and O–H groups in total. The van der Waals surface area contributed by atoms with Gasteiger partial charge < -0.3 is 15.2 Å². The Labute approximate surface area is 97.4 Å². The zero-order chi connectivity index (χ0) is 12.2. The summed E-state index contributed by atoms with van der Waals surface area (Å²) in [6, 6.07) is 5.46. The van der Waals surface area contributed by atoms with Gasteiger partial charge in [-0.2, -0.15) is 0 Å². The second-order valence-electron chi connectivity index (χ2n) is 4.60. The fraction of sp³-hybridized carbons (Fsp3) is 0.538. The molecule has 0 spiro atoms. The number of phenolic OH excluding ortho intramolecular Hbond substituents is 1. The molecule has 0 bridgehead atoms. The fourth-order valence-corrected chi connectivity index (χ4v) is 1.20. The largest absolute Gasteiger partial charge is 0.506 e. The third-order valence-corrected chi connectivity index (χ3v) is 2.73. The molecule has 0 aromatic heterocycles. The van der Waals surface area contributed by atoms with Crippen molar-refractivity contribution in [2.24, 2.45) is 0 Å². The number of nitrogens with one attached hydrogen (secondary N) is 1. The van der Waals surface area contributed by atoms with Gasteiger partial charge in [0.25, 0.3) is 0 Å². The van der Waals surface area contributed by atoms with Gasteiger partial charge in [-0.1, -0.05) is 13.0 Å². The predicted molar refractivity (Wildman–Crippen MR) is 66.8 cm³/mol. The highest BCUT2D eigenvalue weighted by Gasteiger charge is 2.14. The summed E-state index contributed by atoms with van der Waals surface area (Å²) >= 11 is 0. The number of ether oxygens (including phenoxy) is 1. The van der Waals surface area contributed by atoms with Crippen molar-refractivity contribution in [3.8, 4) is 5.75 Å². The third kappa shape index (κ3) is 3.74. The number of hydrogen-bond donors (Lipinski definition) is 2. The molecule has 0 aliphatic carbocycles. The predicted octanol–water partition coefficient (Wildman–Crippen LogP) is 3.28. The van der Waals surface area contributed by atoms with Gasteiger partial charge in [0.2, 0.25) is 0 Å². The lowest BCUT2D eigenvalue weighted by molar-refractivity contribution is -0.00957. The molecule has 3 nitrogen and oxygen atoms in total. The second kappa shape index (κ2) is 5.21. The van der Waals surface area contributed by atoms with E-state index in [0.29, 0.717) is 12.4 Å². The summed E-state index contributed by atoms with van der Waals surface area (Å²) in [5.41, 5.74) is 1.69. The molecule has 0 saturated carbocycles. The third-order valence-electron chi connectivity index (χ3n) is 2.73. The van der Waals surface area contributed by atoms with Gasteiger partial charge in [-0.05, 0) is 44.9 Å². The van der Waals surface area contributed by atoms with Crippen LogP contribution in [0.5, 0.6) is 5.75 Å². The molecule has 0 unspecified atom stereocenters. The molecule has 3 heteroatoms. The minimum absolute atomic E-state index is 0.132. The Balaban J connectivity index is 2.52. The van der Waals surface area contributed by atoms with E-state index in [4.69, 9.17) is 4.74 Å². The van der Waals surface area contributed by atoms with E-state index in [0.717, 1.165) is 12.0 Å². The van der Waals surface area contributed by atoms with E-state index in [9.17, 15) is 5.11 Å². The second-order valence-corrected chi connectivity index (χ2v) is 4.60. The van der Waals surface area contributed by atoms with E-state index in [2.05, 4.69) is 12.2 Å². The lowest BCUT2D eigenvalue weighted by Crippen LogP contribution is -2.26. The number of hydrogen-bond acceptors (Lipinski definition) is 3. The lowest BCUT2D eigenvalue weighted by atomic mass is 10.1. The molecular formula is C13H21NO2. The number of rotatable bonds is 5. The number of anilines is 1. The summed E-state index contributed by atoms with van der Waals surface area (Å²) in [5, 5.41) is 12.7. The molecule has 0 atom stereocenters. The van der Waals surface area contributed by atoms with E-state index >= 15 is 0 Å². The first-order valence-corrected chi connectivity index (χ1v) is 5.62. The molecule has 0 heterocycles. The molecule has 16 heavy (non-hydrogen) atoms. The molecule has 1 aromatic rings. The Hall–Kier alpha value is -1.22. The van der Waals surface area contributed by atoms with Crippen molar-refractivity contribution in [2.75, 3.05) is 12.0 Å². The van der Waals surface area contributed by atoms with Crippen LogP contribution in [0.25, 0.3) is 0 Å². The Morgan fingerprint density at radius 2 is 2.06 bits per heavy atom. The van der Waals surface area contributed by atoms with Crippen LogP contribution >= 0.6 is 0 Å². The maximum absolute atomic E-state index is 9.60. The van der Waals surface area contributed by atoms with Gasteiger partial charge in [-0.15, -0.1) is 0 Å². The van der Waals surface area contributed by atoms with Crippen LogP contribution in [0.2, 0.25) is 0 Å². The molecule has 1 aromatic carbocycles. The Bertz CT molecular complexity index is 348. The van der Waals surface area contributed by atoms with E-state index in [1.807, 2.05) is 32.9 Å². The molecule has 90 valence electrons. The first-order valence-electron chi connectivity index (χ1n) is 5.62. The summed E-state index contributed by atoms with van der Waals surface area (Å²) in [7, 11) is 0. The van der Waals surface area contributed by atoms with Crippen LogP contribution in [0.3, 0.4) is 0 Å². The summed E-state index contributed by atoms with van der Waals surface area (Å²) in [6.07, 6.45) is 0.953. The zero-order valence-electron chi connectivity index (χ0n) is 10.5. The van der Waals surface area contributed by atoms with E-state index < -0.39 is 0 Å². The smallest absolute Gasteiger partial charge is 0.138 e. The average Bonchev–Trinajstić information content (AvgIpc) is 2.23. The maximum atomic E-state index is 9.60. The molecule has 0 saturated heterocycles. The molecule has 0 fully saturated rings. The lowest BCUT2D eigenvalue weighted by Gasteiger charge is -2.24. The van der Waals surface area contributed by atoms with Crippen LogP contribution in [-0.2, 0) is 4.74 Å². The molecule has 0 radical (unpaired) electrons. The van der Waals surface area contributed by atoms with Gasteiger partial charge in [0.15, 0.2) is 0 Å². The first-order chi connectivity index (χ1) is 7.44. The van der Waals surface area contributed by atoms with Crippen LogP contribution in [-0.4, -0.2) is 17.4 Å². The van der Waals surface area contributed by atoms with Crippen molar-refractivity contribution in [3.63, 3.8) is 0 Å². The normalized spacial score (nSPS) is 11.5. The van der Waals surface area contributed by atoms with Gasteiger partial charge in [-0.3, -0.25) is 0 Å². The van der Waals surface area contributed by atoms with E-state index in [1.165, 1.54) is 0 Å². The van der Waals surface area contributed by atoms with Crippen LogP contribution in [0, 0.1) is 6.92 Å². The summed E-state index contributed by atoms with van der Waals surface area (Å²) < 4.78 is 5.66. The highest BCUT2D eigenvalue weighted by atomic mass is 16.5. The molecule has 0 aliphatic heterocycles. The Morgan fingerprint density at radius 3 is 2.69 bits per heavy atom. The van der Waals surface area contributed by atoms with Gasteiger partial charge in [-0.25, -0.2) is 0 Å². The fourth-order valence-electron chi connectivity index (χ4n) is 1.20. The topological polar surface area (TPSA) is 41.5 Å². The van der Waals surface area contributed by atoms with Crippen molar-refractivity contribution in [2.45, 2.75) is 39.7 Å². The van der Waals surface area contributed by atoms with Crippen molar-refractivity contribution in [1.82, 2.24) is 0 Å². The van der Waals surface area contributed by atoms with Gasteiger partial charge >= 0.3 is 0 Å². The molecule has 0 amide bonds. The minimum atomic E-state index is -0.132. The van der Waals surface area contributed by atoms with Crippen LogP contribution in [0.1, 0.15) is 32.8 Å². The van der Waals surface area contributed by atoms with Gasteiger partial charge in [0.1, 0.15) is 12.5 Å². The van der Waals surface area contributed by atoms with Crippen molar-refractivity contribution in [1.29, 1.82) is 0 Å². The van der Waals surface area contributed by atoms with E-state index in [1.54, 1.807) is 6.07 Å². The summed E-state index contributed by atoms with van der Waals surface area (Å²) in [5.74, 6) is 0.253. The van der Waals surface area contributed by atoms with Gasteiger partial charge in [0, 0.05) is 0 Å². The summed E-state index contributed by atoms with van der Waals surface area (Å²) in [6.45, 7) is 8.57. The maximum Gasteiger partial charge on any atom is 0.138 e. The van der Waals surface area contributed by atoms with Crippen LogP contribution < -0.4 is 5.32 Å². The number of aromatic hydroxyl groups is 1. The van der Waals surface area contributed by atoms with Crippen LogP contribution in [0.15, 0.2) is 18.2 Å². The molecule has 0 aliphatic rings. The SMILES string of the molecule is CCC(C)(C)OCNc1cc(C)ccc1O. The molecular weight excluding hydrogens is 202 g/mol. The first kappa shape index (κ1) is 12.8.